The van der Waals surface area contributed by atoms with Gasteiger partial charge in [0.25, 0.3) is 0 Å². The monoisotopic (exact) mass is 1580 g/mol. The smallest absolute Gasteiger partial charge is 0.314 e. The van der Waals surface area contributed by atoms with Gasteiger partial charge in [-0.3, -0.25) is 0 Å². The molecule has 87 heavy (non-hydrogen) atoms. The summed E-state index contributed by atoms with van der Waals surface area (Å²) in [5.41, 5.74) is 11.6. The van der Waals surface area contributed by atoms with E-state index in [2.05, 4.69) is 262 Å². The largest absolute Gasteiger partial charge is 0.436 e. The zero-order valence-electron chi connectivity index (χ0n) is 63.2. The van der Waals surface area contributed by atoms with E-state index in [1.165, 1.54) is 0 Å². The average molecular weight is 1580 g/mol. The van der Waals surface area contributed by atoms with E-state index in [0.29, 0.717) is 13.1 Å². The Kier molecular flexibility index (Phi) is 33.1. The lowest BCUT2D eigenvalue weighted by Crippen LogP contribution is -2.63. The minimum absolute atomic E-state index is 0.662. The molecule has 21 nitrogen and oxygen atoms in total. The summed E-state index contributed by atoms with van der Waals surface area (Å²) in [5.74, 6) is 0. The van der Waals surface area contributed by atoms with Crippen LogP contribution in [0.25, 0.3) is 0 Å². The highest BCUT2D eigenvalue weighted by molar-refractivity contribution is 6.96. The summed E-state index contributed by atoms with van der Waals surface area (Å²) in [6, 6.07) is 2.00. The van der Waals surface area contributed by atoms with Crippen molar-refractivity contribution in [3.8, 4) is 0 Å². The van der Waals surface area contributed by atoms with E-state index < -0.39 is 171 Å². The SMILES string of the molecule is C[Si](C)(CCCN)O[Si](C)(C)O[Si](C)(C)O[Si](C)(C)O[Si](C)(C)O[Si](C)(C)O[Si](C)(C)O[Si](C)(C)O[Si](C)(C)O[Si](C)(C)O[Si](C)(C)O[Si](C)(C)O[Si](C)(C)O[Si](C)(C)O[Si](C)(C)O[Si](C)(C)O[Si](C)(C)O[Si](C)(C)O[Si](C)(C)O[Si](C)(C)CCCN. The molecule has 0 aliphatic rings. The van der Waals surface area contributed by atoms with Crippen LogP contribution in [-0.4, -0.2) is 184 Å². The fourth-order valence-corrected chi connectivity index (χ4v) is 117. The van der Waals surface area contributed by atoms with Gasteiger partial charge in [0.1, 0.15) is 0 Å². The van der Waals surface area contributed by atoms with Gasteiger partial charge in [-0.1, -0.05) is 0 Å². The van der Waals surface area contributed by atoms with Gasteiger partial charge < -0.3 is 89.7 Å². The number of rotatable bonds is 44. The summed E-state index contributed by atoms with van der Waals surface area (Å²) < 4.78 is 131. The third-order valence-corrected chi connectivity index (χ3v) is 89.7. The minimum Gasteiger partial charge on any atom is -0.436 e. The predicted octanol–water partition coefficient (Wildman–Crippen LogP) is 15.0. The van der Waals surface area contributed by atoms with Crippen LogP contribution in [0.15, 0.2) is 0 Å². The molecule has 0 spiro atoms. The molecule has 0 aliphatic heterocycles. The molecule has 0 saturated heterocycles. The van der Waals surface area contributed by atoms with Crippen molar-refractivity contribution in [1.29, 1.82) is 0 Å². The molecule has 0 bridgehead atoms. The maximum Gasteiger partial charge on any atom is 0.314 e. The van der Waals surface area contributed by atoms with Crippen LogP contribution in [0.5, 0.6) is 0 Å². The third-order valence-electron chi connectivity index (χ3n) is 11.4. The van der Waals surface area contributed by atoms with E-state index in [1.54, 1.807) is 0 Å². The molecule has 0 aromatic carbocycles. The van der Waals surface area contributed by atoms with Crippen molar-refractivity contribution in [3.05, 3.63) is 0 Å². The fraction of sp³-hybridized carbons (Fsp3) is 1.00. The molecule has 0 heterocycles. The molecule has 4 N–H and O–H groups in total. The molecule has 0 fully saturated rings. The molecular weight excluding hydrogens is 1450 g/mol. The van der Waals surface area contributed by atoms with Crippen molar-refractivity contribution in [2.24, 2.45) is 11.5 Å². The maximum atomic E-state index is 6.96. The van der Waals surface area contributed by atoms with Crippen molar-refractivity contribution in [2.75, 3.05) is 13.1 Å². The molecule has 0 aliphatic carbocycles. The number of hydrogen-bond acceptors (Lipinski definition) is 21. The second-order valence-electron chi connectivity index (χ2n) is 32.4. The molecule has 41 heteroatoms. The second-order valence-corrected chi connectivity index (χ2v) is 106. The molecule has 0 rings (SSSR count). The minimum atomic E-state index is -2.87. The van der Waals surface area contributed by atoms with Gasteiger partial charge >= 0.3 is 154 Å². The topological polar surface area (TPSA) is 227 Å². The Hall–Kier alpha value is 3.50. The summed E-state index contributed by atoms with van der Waals surface area (Å²) in [4.78, 5) is 0. The lowest BCUT2D eigenvalue weighted by molar-refractivity contribution is 0.250. The Labute approximate surface area is 555 Å². The summed E-state index contributed by atoms with van der Waals surface area (Å²) >= 11 is 0. The zero-order valence-corrected chi connectivity index (χ0v) is 83.2. The zero-order chi connectivity index (χ0) is 69.7. The second kappa shape index (κ2) is 31.8. The molecule has 0 saturated carbocycles. The van der Waals surface area contributed by atoms with Crippen LogP contribution < -0.4 is 11.5 Å². The normalized spacial score (nSPS) is 15.9. The van der Waals surface area contributed by atoms with Crippen molar-refractivity contribution in [3.63, 3.8) is 0 Å². The average Bonchev–Trinajstić information content (AvgIpc) is 3.05. The Bertz CT molecular complexity index is 2000. The van der Waals surface area contributed by atoms with Crippen molar-refractivity contribution in [1.82, 2.24) is 0 Å². The molecule has 0 amide bonds. The van der Waals surface area contributed by atoms with Crippen molar-refractivity contribution in [2.45, 2.75) is 287 Å². The van der Waals surface area contributed by atoms with E-state index >= 15 is 0 Å². The van der Waals surface area contributed by atoms with Gasteiger partial charge in [0.2, 0.25) is 0 Å². The van der Waals surface area contributed by atoms with Crippen LogP contribution in [0, 0.1) is 0 Å². The molecule has 0 aromatic heterocycles. The first-order chi connectivity index (χ1) is 37.6. The van der Waals surface area contributed by atoms with Crippen LogP contribution in [0.3, 0.4) is 0 Å². The van der Waals surface area contributed by atoms with Crippen molar-refractivity contribution >= 4 is 171 Å². The Morgan fingerprint density at radius 1 is 0.149 bits per heavy atom. The Morgan fingerprint density at radius 2 is 0.230 bits per heavy atom. The van der Waals surface area contributed by atoms with Crippen LogP contribution >= 0.6 is 0 Å². The highest BCUT2D eigenvalue weighted by Gasteiger charge is 2.55. The summed E-state index contributed by atoms with van der Waals surface area (Å²) in [5, 5.41) is 0. The fourth-order valence-electron chi connectivity index (χ4n) is 12.9. The van der Waals surface area contributed by atoms with E-state index in [-0.39, 0.29) is 0 Å². The van der Waals surface area contributed by atoms with E-state index in [9.17, 15) is 0 Å². The molecule has 0 unspecified atom stereocenters. The predicted molar refractivity (Wildman–Crippen MR) is 407 cm³/mol. The van der Waals surface area contributed by atoms with Gasteiger partial charge in [0.15, 0.2) is 16.6 Å². The highest BCUT2D eigenvalue weighted by atomic mass is 28.6. The standard InChI is InChI=1S/C46H136N2O19Si20/c1-68(2,45-41-43-47)49-70(5,6)51-72(9,10)53-74(13,14)55-76(17,18)57-78(21,22)59-80(25,26)61-82(29,30)63-84(33,34)65-86(37,38)67-87(39,40)66-85(35,36)64-83(31,32)62-81(27,28)60-79(23,24)58-77(19,20)56-75(15,16)54-73(11,12)52-71(7,8)50-69(3,4)46-42-44-48/h41-48H2,1-40H3. The van der Waals surface area contributed by atoms with E-state index in [1.807, 2.05) is 0 Å². The first-order valence-corrected chi connectivity index (χ1v) is 88.2. The summed E-state index contributed by atoms with van der Waals surface area (Å²) in [7, 11) is -53.8. The van der Waals surface area contributed by atoms with Gasteiger partial charge in [0.05, 0.1) is 0 Å². The third kappa shape index (κ3) is 42.2. The van der Waals surface area contributed by atoms with Gasteiger partial charge in [-0.2, -0.15) is 0 Å². The molecule has 0 aromatic rings. The lowest BCUT2D eigenvalue weighted by atomic mass is 10.5. The van der Waals surface area contributed by atoms with Gasteiger partial charge in [-0.15, -0.1) is 0 Å². The van der Waals surface area contributed by atoms with Crippen LogP contribution in [0.2, 0.25) is 274 Å². The quantitative estimate of drug-likeness (QED) is 0.0540. The Balaban J connectivity index is 5.83. The summed E-state index contributed by atoms with van der Waals surface area (Å²) in [6.07, 6.45) is 1.90. The highest BCUT2D eigenvalue weighted by Crippen LogP contribution is 2.35. The first kappa shape index (κ1) is 90.5. The maximum absolute atomic E-state index is 6.96. The van der Waals surface area contributed by atoms with Crippen LogP contribution in [0.4, 0.5) is 0 Å². The number of nitrogens with two attached hydrogens (primary N) is 2. The van der Waals surface area contributed by atoms with Gasteiger partial charge in [-0.25, -0.2) is 0 Å². The Morgan fingerprint density at radius 3 is 0.310 bits per heavy atom. The molecule has 0 radical (unpaired) electrons. The van der Waals surface area contributed by atoms with Gasteiger partial charge in [0, 0.05) is 0 Å². The van der Waals surface area contributed by atoms with Crippen LogP contribution in [-0.2, 0) is 78.2 Å². The van der Waals surface area contributed by atoms with E-state index in [0.717, 1.165) is 24.9 Å². The van der Waals surface area contributed by atoms with E-state index in [4.69, 9.17) is 89.7 Å². The number of hydrogen-bond donors (Lipinski definition) is 2. The van der Waals surface area contributed by atoms with Crippen molar-refractivity contribution < 1.29 is 78.2 Å². The van der Waals surface area contributed by atoms with Gasteiger partial charge in [-0.05, 0) is 300 Å². The first-order valence-electron chi connectivity index (χ1n) is 31.3. The molecular formula is C46H136N2O19Si20. The van der Waals surface area contributed by atoms with Crippen LogP contribution in [0.1, 0.15) is 12.8 Å². The lowest BCUT2D eigenvalue weighted by Gasteiger charge is -2.45. The molecule has 0 atom stereocenters. The summed E-state index contributed by atoms with van der Waals surface area (Å²) in [6.45, 7) is 84.8. The molecule has 524 valence electrons.